The number of aryl methyl sites for hydroxylation is 1. The third-order valence-corrected chi connectivity index (χ3v) is 2.58. The molecule has 0 aliphatic heterocycles. The Bertz CT molecular complexity index is 366. The maximum Gasteiger partial charge on any atom is 0.304 e. The van der Waals surface area contributed by atoms with E-state index in [1.807, 2.05) is 44.0 Å². The normalized spacial score (nSPS) is 12.8. The number of pyridine rings is 1. The van der Waals surface area contributed by atoms with Gasteiger partial charge in [-0.3, -0.25) is 14.7 Å². The number of carboxylic acid groups (broad SMARTS) is 1. The van der Waals surface area contributed by atoms with Crippen LogP contribution in [0.15, 0.2) is 18.2 Å². The van der Waals surface area contributed by atoms with Gasteiger partial charge in [0.05, 0.1) is 12.1 Å². The molecule has 1 aromatic rings. The van der Waals surface area contributed by atoms with Crippen LogP contribution in [0.2, 0.25) is 0 Å². The molecule has 0 bridgehead atoms. The lowest BCUT2D eigenvalue weighted by Gasteiger charge is -2.22. The minimum Gasteiger partial charge on any atom is -0.481 e. The zero-order valence-electron chi connectivity index (χ0n) is 9.97. The molecule has 1 aromatic heterocycles. The fraction of sp³-hybridized carbons (Fsp3) is 0.500. The Hall–Kier alpha value is -1.42. The van der Waals surface area contributed by atoms with Crippen molar-refractivity contribution in [1.82, 2.24) is 9.88 Å². The van der Waals surface area contributed by atoms with E-state index in [2.05, 4.69) is 4.98 Å². The molecule has 0 saturated carbocycles. The number of hydrogen-bond acceptors (Lipinski definition) is 3. The Morgan fingerprint density at radius 3 is 2.81 bits per heavy atom. The first-order valence-electron chi connectivity index (χ1n) is 5.33. The summed E-state index contributed by atoms with van der Waals surface area (Å²) < 4.78 is 0. The van der Waals surface area contributed by atoms with Crippen LogP contribution in [-0.2, 0) is 11.3 Å². The zero-order valence-corrected chi connectivity index (χ0v) is 9.97. The fourth-order valence-corrected chi connectivity index (χ4v) is 1.51. The topological polar surface area (TPSA) is 53.4 Å². The van der Waals surface area contributed by atoms with Crippen LogP contribution in [0, 0.1) is 6.92 Å². The van der Waals surface area contributed by atoms with Gasteiger partial charge in [0, 0.05) is 18.3 Å². The van der Waals surface area contributed by atoms with Crippen molar-refractivity contribution in [1.29, 1.82) is 0 Å². The molecule has 0 amide bonds. The molecule has 0 fully saturated rings. The summed E-state index contributed by atoms with van der Waals surface area (Å²) in [5.74, 6) is -0.767. The van der Waals surface area contributed by atoms with E-state index in [0.717, 1.165) is 11.4 Å². The maximum absolute atomic E-state index is 10.6. The first-order chi connectivity index (χ1) is 7.49. The molecule has 0 saturated heterocycles. The van der Waals surface area contributed by atoms with Gasteiger partial charge in [-0.25, -0.2) is 0 Å². The van der Waals surface area contributed by atoms with Gasteiger partial charge in [0.2, 0.25) is 0 Å². The van der Waals surface area contributed by atoms with Crippen LogP contribution >= 0.6 is 0 Å². The Labute approximate surface area is 95.9 Å². The van der Waals surface area contributed by atoms with E-state index in [9.17, 15) is 4.79 Å². The van der Waals surface area contributed by atoms with Crippen molar-refractivity contribution in [3.63, 3.8) is 0 Å². The van der Waals surface area contributed by atoms with Crippen molar-refractivity contribution in [2.24, 2.45) is 0 Å². The summed E-state index contributed by atoms with van der Waals surface area (Å²) in [7, 11) is 1.91. The first kappa shape index (κ1) is 12.6. The van der Waals surface area contributed by atoms with Gasteiger partial charge < -0.3 is 5.11 Å². The van der Waals surface area contributed by atoms with Gasteiger partial charge in [-0.2, -0.15) is 0 Å². The predicted octanol–water partition coefficient (Wildman–Crippen LogP) is 1.69. The number of rotatable bonds is 5. The largest absolute Gasteiger partial charge is 0.481 e. The van der Waals surface area contributed by atoms with Gasteiger partial charge in [0.25, 0.3) is 0 Å². The van der Waals surface area contributed by atoms with Crippen LogP contribution < -0.4 is 0 Å². The number of aliphatic carboxylic acids is 1. The quantitative estimate of drug-likeness (QED) is 0.823. The number of carboxylic acids is 1. The second kappa shape index (κ2) is 5.61. The zero-order chi connectivity index (χ0) is 12.1. The first-order valence-corrected chi connectivity index (χ1v) is 5.33. The van der Waals surface area contributed by atoms with Crippen molar-refractivity contribution in [3.8, 4) is 0 Å². The van der Waals surface area contributed by atoms with Gasteiger partial charge in [-0.05, 0) is 33.0 Å². The molecular formula is C12H18N2O2. The van der Waals surface area contributed by atoms with Crippen LogP contribution in [0.3, 0.4) is 0 Å². The third-order valence-electron chi connectivity index (χ3n) is 2.58. The summed E-state index contributed by atoms with van der Waals surface area (Å²) in [6.07, 6.45) is 0.155. The van der Waals surface area contributed by atoms with Crippen molar-refractivity contribution in [3.05, 3.63) is 29.6 Å². The summed E-state index contributed by atoms with van der Waals surface area (Å²) >= 11 is 0. The number of carbonyl (C=O) groups is 1. The number of nitrogens with zero attached hydrogens (tertiary/aromatic N) is 2. The standard InChI is InChI=1S/C12H18N2O2/c1-9-5-4-6-11(13-9)8-14(3)10(2)7-12(15)16/h4-6,10H,7-8H2,1-3H3,(H,15,16). The second-order valence-corrected chi connectivity index (χ2v) is 4.13. The van der Waals surface area contributed by atoms with E-state index >= 15 is 0 Å². The van der Waals surface area contributed by atoms with E-state index in [1.54, 1.807) is 0 Å². The molecule has 1 N–H and O–H groups in total. The molecule has 0 aliphatic carbocycles. The predicted molar refractivity (Wildman–Crippen MR) is 62.2 cm³/mol. The fourth-order valence-electron chi connectivity index (χ4n) is 1.51. The lowest BCUT2D eigenvalue weighted by molar-refractivity contribution is -0.138. The molecular weight excluding hydrogens is 204 g/mol. The van der Waals surface area contributed by atoms with E-state index in [-0.39, 0.29) is 12.5 Å². The van der Waals surface area contributed by atoms with Crippen LogP contribution in [0.25, 0.3) is 0 Å². The average molecular weight is 222 g/mol. The van der Waals surface area contributed by atoms with E-state index in [4.69, 9.17) is 5.11 Å². The van der Waals surface area contributed by atoms with Gasteiger partial charge in [-0.15, -0.1) is 0 Å². The Morgan fingerprint density at radius 1 is 1.56 bits per heavy atom. The molecule has 1 unspecified atom stereocenters. The molecule has 88 valence electrons. The minimum atomic E-state index is -0.767. The van der Waals surface area contributed by atoms with Crippen molar-refractivity contribution in [2.75, 3.05) is 7.05 Å². The van der Waals surface area contributed by atoms with Crippen LogP contribution in [0.4, 0.5) is 0 Å². The lowest BCUT2D eigenvalue weighted by Crippen LogP contribution is -2.30. The third kappa shape index (κ3) is 3.98. The SMILES string of the molecule is Cc1cccc(CN(C)C(C)CC(=O)O)n1. The molecule has 1 rings (SSSR count). The highest BCUT2D eigenvalue weighted by Gasteiger charge is 2.13. The van der Waals surface area contributed by atoms with Crippen molar-refractivity contribution in [2.45, 2.75) is 32.9 Å². The summed E-state index contributed by atoms with van der Waals surface area (Å²) in [5, 5.41) is 8.70. The Balaban J connectivity index is 2.56. The number of aromatic nitrogens is 1. The molecule has 16 heavy (non-hydrogen) atoms. The van der Waals surface area contributed by atoms with Crippen molar-refractivity contribution < 1.29 is 9.90 Å². The summed E-state index contributed by atoms with van der Waals surface area (Å²) in [6, 6.07) is 5.88. The van der Waals surface area contributed by atoms with Gasteiger partial charge >= 0.3 is 5.97 Å². The summed E-state index contributed by atoms with van der Waals surface area (Å²) in [4.78, 5) is 17.0. The van der Waals surface area contributed by atoms with E-state index in [0.29, 0.717) is 6.54 Å². The van der Waals surface area contributed by atoms with E-state index < -0.39 is 5.97 Å². The molecule has 4 nitrogen and oxygen atoms in total. The highest BCUT2D eigenvalue weighted by Crippen LogP contribution is 2.07. The summed E-state index contributed by atoms with van der Waals surface area (Å²) in [6.45, 7) is 4.53. The molecule has 4 heteroatoms. The van der Waals surface area contributed by atoms with Gasteiger partial charge in [0.1, 0.15) is 0 Å². The maximum atomic E-state index is 10.6. The smallest absolute Gasteiger partial charge is 0.304 e. The molecule has 0 aliphatic rings. The van der Waals surface area contributed by atoms with E-state index in [1.165, 1.54) is 0 Å². The molecule has 1 heterocycles. The van der Waals surface area contributed by atoms with Crippen LogP contribution in [0.1, 0.15) is 24.7 Å². The molecule has 1 atom stereocenters. The monoisotopic (exact) mass is 222 g/mol. The van der Waals surface area contributed by atoms with Crippen LogP contribution in [0.5, 0.6) is 0 Å². The van der Waals surface area contributed by atoms with Gasteiger partial charge in [-0.1, -0.05) is 6.07 Å². The minimum absolute atomic E-state index is 0.0137. The molecule has 0 spiro atoms. The second-order valence-electron chi connectivity index (χ2n) is 4.13. The highest BCUT2D eigenvalue weighted by molar-refractivity contribution is 5.67. The lowest BCUT2D eigenvalue weighted by atomic mass is 10.2. The Kier molecular flexibility index (Phi) is 4.43. The van der Waals surface area contributed by atoms with Crippen LogP contribution in [-0.4, -0.2) is 34.0 Å². The number of hydrogen-bond donors (Lipinski definition) is 1. The van der Waals surface area contributed by atoms with Crippen molar-refractivity contribution >= 4 is 5.97 Å². The molecule has 0 radical (unpaired) electrons. The highest BCUT2D eigenvalue weighted by atomic mass is 16.4. The summed E-state index contributed by atoms with van der Waals surface area (Å²) in [5.41, 5.74) is 1.96. The average Bonchev–Trinajstić information content (AvgIpc) is 2.16. The van der Waals surface area contributed by atoms with Gasteiger partial charge in [0.15, 0.2) is 0 Å². The Morgan fingerprint density at radius 2 is 2.25 bits per heavy atom. The molecule has 0 aromatic carbocycles.